The van der Waals surface area contributed by atoms with Gasteiger partial charge in [-0.15, -0.1) is 0 Å². The molecule has 2 heterocycles. The summed E-state index contributed by atoms with van der Waals surface area (Å²) in [4.78, 5) is 37.7. The predicted octanol–water partition coefficient (Wildman–Crippen LogP) is 4.17. The second kappa shape index (κ2) is 8.75. The minimum absolute atomic E-state index is 0.0125. The van der Waals surface area contributed by atoms with E-state index in [9.17, 15) is 19.5 Å². The van der Waals surface area contributed by atoms with E-state index in [1.807, 2.05) is 0 Å². The maximum atomic E-state index is 12.7. The molecule has 2 amide bonds. The first-order chi connectivity index (χ1) is 13.8. The Morgan fingerprint density at radius 3 is 2.79 bits per heavy atom. The zero-order valence-electron chi connectivity index (χ0n) is 15.4. The van der Waals surface area contributed by atoms with Crippen LogP contribution in [0.3, 0.4) is 0 Å². The Morgan fingerprint density at radius 2 is 2.10 bits per heavy atom. The first kappa shape index (κ1) is 21.0. The van der Waals surface area contributed by atoms with Crippen LogP contribution in [0.15, 0.2) is 38.1 Å². The van der Waals surface area contributed by atoms with Crippen LogP contribution >= 0.6 is 27.7 Å². The molecule has 0 atom stereocenters. The molecule has 10 heteroatoms. The number of carbonyl (C=O) groups excluding carboxylic acids is 3. The van der Waals surface area contributed by atoms with Crippen LogP contribution in [-0.2, 0) is 16.1 Å². The minimum Gasteiger partial charge on any atom is -0.504 e. The number of ether oxygens (including phenoxy) is 2. The number of imide groups is 1. The van der Waals surface area contributed by atoms with Crippen molar-refractivity contribution in [3.63, 3.8) is 0 Å². The van der Waals surface area contributed by atoms with Gasteiger partial charge in [-0.3, -0.25) is 14.5 Å². The molecular formula is C19H16BrNO7S. The topological polar surface area (TPSA) is 106 Å². The quantitative estimate of drug-likeness (QED) is 0.483. The summed E-state index contributed by atoms with van der Waals surface area (Å²) in [7, 11) is 1.23. The molecular weight excluding hydrogens is 466 g/mol. The molecule has 1 aliphatic rings. The summed E-state index contributed by atoms with van der Waals surface area (Å²) in [5, 5.41) is 9.45. The van der Waals surface area contributed by atoms with Crippen LogP contribution in [0.5, 0.6) is 11.5 Å². The largest absolute Gasteiger partial charge is 0.504 e. The van der Waals surface area contributed by atoms with Gasteiger partial charge in [0.05, 0.1) is 25.2 Å². The van der Waals surface area contributed by atoms with E-state index in [4.69, 9.17) is 9.15 Å². The number of halogens is 1. The van der Waals surface area contributed by atoms with Gasteiger partial charge in [0.2, 0.25) is 5.76 Å². The third-order valence-electron chi connectivity index (χ3n) is 3.90. The highest BCUT2D eigenvalue weighted by Gasteiger charge is 2.36. The number of esters is 1. The molecule has 152 valence electrons. The number of benzene rings is 1. The third kappa shape index (κ3) is 4.48. The third-order valence-corrected chi connectivity index (χ3v) is 5.49. The zero-order valence-corrected chi connectivity index (χ0v) is 17.8. The van der Waals surface area contributed by atoms with E-state index in [0.29, 0.717) is 16.6 Å². The Hall–Kier alpha value is -2.72. The van der Waals surface area contributed by atoms with Crippen molar-refractivity contribution < 1.29 is 33.4 Å². The molecule has 0 bridgehead atoms. The lowest BCUT2D eigenvalue weighted by Gasteiger charge is -2.10. The van der Waals surface area contributed by atoms with Gasteiger partial charge in [0, 0.05) is 4.47 Å². The summed E-state index contributed by atoms with van der Waals surface area (Å²) in [6.07, 6.45) is 1.54. The summed E-state index contributed by atoms with van der Waals surface area (Å²) in [5.41, 5.74) is 0.572. The summed E-state index contributed by atoms with van der Waals surface area (Å²) in [6, 6.07) is 5.95. The highest BCUT2D eigenvalue weighted by atomic mass is 79.9. The van der Waals surface area contributed by atoms with E-state index in [-0.39, 0.29) is 34.5 Å². The fourth-order valence-electron chi connectivity index (χ4n) is 2.55. The normalized spacial score (nSPS) is 15.3. The average molecular weight is 482 g/mol. The summed E-state index contributed by atoms with van der Waals surface area (Å²) >= 11 is 4.12. The maximum Gasteiger partial charge on any atom is 0.373 e. The molecule has 0 unspecified atom stereocenters. The minimum atomic E-state index is -0.646. The van der Waals surface area contributed by atoms with Gasteiger partial charge in [-0.05, 0) is 54.6 Å². The fraction of sp³-hybridized carbons (Fsp3) is 0.211. The van der Waals surface area contributed by atoms with Crippen LogP contribution in [0.2, 0.25) is 0 Å². The molecule has 0 aliphatic carbocycles. The van der Waals surface area contributed by atoms with Gasteiger partial charge in [0.25, 0.3) is 11.1 Å². The first-order valence-electron chi connectivity index (χ1n) is 8.41. The summed E-state index contributed by atoms with van der Waals surface area (Å²) in [5.74, 6) is -0.642. The number of methoxy groups -OCH3 is 1. The molecule has 8 nitrogen and oxygen atoms in total. The summed E-state index contributed by atoms with van der Waals surface area (Å²) in [6.45, 7) is 2.04. The lowest BCUT2D eigenvalue weighted by Crippen LogP contribution is -2.27. The van der Waals surface area contributed by atoms with E-state index >= 15 is 0 Å². The van der Waals surface area contributed by atoms with Crippen molar-refractivity contribution in [2.75, 3.05) is 13.7 Å². The van der Waals surface area contributed by atoms with E-state index in [0.717, 1.165) is 16.7 Å². The Kier molecular flexibility index (Phi) is 6.33. The van der Waals surface area contributed by atoms with Crippen molar-refractivity contribution in [2.45, 2.75) is 13.5 Å². The van der Waals surface area contributed by atoms with Gasteiger partial charge in [-0.25, -0.2) is 4.79 Å². The number of aromatic hydroxyl groups is 1. The number of hydrogen-bond acceptors (Lipinski definition) is 8. The Bertz CT molecular complexity index is 1010. The Labute approximate surface area is 178 Å². The number of carbonyl (C=O) groups is 3. The molecule has 29 heavy (non-hydrogen) atoms. The number of phenolic OH excluding ortho intramolecular Hbond substituents is 1. The molecule has 0 radical (unpaired) electrons. The molecule has 1 saturated heterocycles. The van der Waals surface area contributed by atoms with Crippen molar-refractivity contribution in [2.24, 2.45) is 0 Å². The number of amides is 2. The maximum absolute atomic E-state index is 12.7. The van der Waals surface area contributed by atoms with Crippen molar-refractivity contribution in [1.82, 2.24) is 4.90 Å². The fourth-order valence-corrected chi connectivity index (χ4v) is 3.82. The second-order valence-corrected chi connectivity index (χ2v) is 7.65. The standard InChI is InChI=1S/C19H16BrNO7S/c1-3-27-15-6-10(12(20)8-13(15)22)7-16-17(23)21(19(25)29-16)9-11-4-5-14(28-11)18(24)26-2/h4-8,22H,3,9H2,1-2H3/b16-7+. The molecule has 2 aromatic rings. The number of thioether (sulfide) groups is 1. The van der Waals surface area contributed by atoms with Gasteiger partial charge in [0.15, 0.2) is 11.5 Å². The predicted molar refractivity (Wildman–Crippen MR) is 109 cm³/mol. The van der Waals surface area contributed by atoms with Gasteiger partial charge >= 0.3 is 5.97 Å². The highest BCUT2D eigenvalue weighted by Crippen LogP contribution is 2.38. The molecule has 1 aromatic carbocycles. The number of furan rings is 1. The summed E-state index contributed by atoms with van der Waals surface area (Å²) < 4.78 is 15.8. The number of hydrogen-bond donors (Lipinski definition) is 1. The van der Waals surface area contributed by atoms with Crippen molar-refractivity contribution in [3.05, 3.63) is 50.7 Å². The molecule has 1 aliphatic heterocycles. The van der Waals surface area contributed by atoms with Crippen LogP contribution < -0.4 is 4.74 Å². The van der Waals surface area contributed by atoms with E-state index in [2.05, 4.69) is 20.7 Å². The van der Waals surface area contributed by atoms with Gasteiger partial charge in [-0.2, -0.15) is 0 Å². The molecule has 0 spiro atoms. The number of phenols is 1. The van der Waals surface area contributed by atoms with Crippen LogP contribution in [0.25, 0.3) is 6.08 Å². The lowest BCUT2D eigenvalue weighted by atomic mass is 10.2. The molecule has 3 rings (SSSR count). The number of rotatable bonds is 6. The SMILES string of the molecule is CCOc1cc(/C=C2/SC(=O)N(Cc3ccc(C(=O)OC)o3)C2=O)c(Br)cc1O. The van der Waals surface area contributed by atoms with Gasteiger partial charge in [-0.1, -0.05) is 15.9 Å². The molecule has 1 fully saturated rings. The second-order valence-electron chi connectivity index (χ2n) is 5.80. The number of nitrogens with zero attached hydrogens (tertiary/aromatic N) is 1. The zero-order chi connectivity index (χ0) is 21.1. The molecule has 1 N–H and O–H groups in total. The monoisotopic (exact) mass is 481 g/mol. The average Bonchev–Trinajstić information content (AvgIpc) is 3.25. The van der Waals surface area contributed by atoms with E-state index < -0.39 is 17.1 Å². The lowest BCUT2D eigenvalue weighted by molar-refractivity contribution is -0.123. The first-order valence-corrected chi connectivity index (χ1v) is 10.0. The molecule has 0 saturated carbocycles. The van der Waals surface area contributed by atoms with Gasteiger partial charge in [0.1, 0.15) is 5.76 Å². The highest BCUT2D eigenvalue weighted by molar-refractivity contribution is 9.10. The van der Waals surface area contributed by atoms with Crippen molar-refractivity contribution >= 4 is 50.9 Å². The van der Waals surface area contributed by atoms with Crippen molar-refractivity contribution in [1.29, 1.82) is 0 Å². The van der Waals surface area contributed by atoms with Crippen LogP contribution in [-0.4, -0.2) is 40.8 Å². The van der Waals surface area contributed by atoms with Crippen LogP contribution in [0.4, 0.5) is 4.79 Å². The van der Waals surface area contributed by atoms with Crippen LogP contribution in [0.1, 0.15) is 28.8 Å². The smallest absolute Gasteiger partial charge is 0.373 e. The Morgan fingerprint density at radius 1 is 1.34 bits per heavy atom. The van der Waals surface area contributed by atoms with E-state index in [1.54, 1.807) is 19.1 Å². The van der Waals surface area contributed by atoms with Gasteiger partial charge < -0.3 is 19.0 Å². The Balaban J connectivity index is 1.82. The van der Waals surface area contributed by atoms with Crippen LogP contribution in [0, 0.1) is 0 Å². The molecule has 1 aromatic heterocycles. The van der Waals surface area contributed by atoms with E-state index in [1.165, 1.54) is 25.3 Å². The van der Waals surface area contributed by atoms with Crippen molar-refractivity contribution in [3.8, 4) is 11.5 Å².